The number of hydrogen-bond donors (Lipinski definition) is 2. The molecule has 18 heavy (non-hydrogen) atoms. The summed E-state index contributed by atoms with van der Waals surface area (Å²) in [4.78, 5) is 2.47. The van der Waals surface area contributed by atoms with Crippen LogP contribution in [0.25, 0.3) is 0 Å². The molecule has 0 aliphatic carbocycles. The maximum absolute atomic E-state index is 7.52. The quantitative estimate of drug-likeness (QED) is 0.635. The molecule has 1 aliphatic heterocycles. The summed E-state index contributed by atoms with van der Waals surface area (Å²) in [6.07, 6.45) is 3.91. The lowest BCUT2D eigenvalue weighted by Crippen LogP contribution is -2.35. The third kappa shape index (κ3) is 2.66. The molecule has 0 amide bonds. The fraction of sp³-hybridized carbons (Fsp3) is 0.533. The Bertz CT molecular complexity index is 439. The average Bonchev–Trinajstić information content (AvgIpc) is 2.38. The van der Waals surface area contributed by atoms with Crippen LogP contribution in [0.1, 0.15) is 37.3 Å². The minimum Gasteiger partial charge on any atom is -0.384 e. The molecule has 0 saturated carbocycles. The molecule has 1 unspecified atom stereocenters. The Morgan fingerprint density at radius 3 is 2.89 bits per heavy atom. The van der Waals surface area contributed by atoms with Crippen LogP contribution < -0.4 is 10.6 Å². The summed E-state index contributed by atoms with van der Waals surface area (Å²) in [5.41, 5.74) is 8.78. The fourth-order valence-electron chi connectivity index (χ4n) is 2.78. The minimum absolute atomic E-state index is 0.157. The molecule has 2 rings (SSSR count). The molecule has 98 valence electrons. The van der Waals surface area contributed by atoms with Crippen molar-refractivity contribution < 1.29 is 0 Å². The number of nitrogens with two attached hydrogens (primary N) is 1. The van der Waals surface area contributed by atoms with Crippen LogP contribution in [-0.2, 0) is 0 Å². The SMILES string of the molecule is CCC1CCCN(c2ccc(C(=N)N)c(C)c2)C1. The van der Waals surface area contributed by atoms with Crippen molar-refractivity contribution in [2.24, 2.45) is 11.7 Å². The van der Waals surface area contributed by atoms with E-state index in [-0.39, 0.29) is 5.84 Å². The molecule has 1 saturated heterocycles. The summed E-state index contributed by atoms with van der Waals surface area (Å²) in [6, 6.07) is 6.24. The van der Waals surface area contributed by atoms with Gasteiger partial charge in [0.25, 0.3) is 0 Å². The Balaban J connectivity index is 2.18. The van der Waals surface area contributed by atoms with Crippen LogP contribution in [0, 0.1) is 18.3 Å². The molecule has 1 heterocycles. The molecule has 3 N–H and O–H groups in total. The van der Waals surface area contributed by atoms with Crippen LogP contribution in [0.4, 0.5) is 5.69 Å². The molecular weight excluding hydrogens is 222 g/mol. The average molecular weight is 245 g/mol. The number of piperidine rings is 1. The van der Waals surface area contributed by atoms with E-state index in [4.69, 9.17) is 11.1 Å². The Morgan fingerprint density at radius 1 is 1.50 bits per heavy atom. The van der Waals surface area contributed by atoms with Crippen LogP contribution in [0.3, 0.4) is 0 Å². The van der Waals surface area contributed by atoms with Crippen molar-refractivity contribution in [3.63, 3.8) is 0 Å². The third-order valence-electron chi connectivity index (χ3n) is 3.96. The van der Waals surface area contributed by atoms with Crippen LogP contribution in [0.2, 0.25) is 0 Å². The Hall–Kier alpha value is -1.51. The van der Waals surface area contributed by atoms with Crippen LogP contribution in [-0.4, -0.2) is 18.9 Å². The van der Waals surface area contributed by atoms with E-state index in [0.29, 0.717) is 0 Å². The van der Waals surface area contributed by atoms with Gasteiger partial charge >= 0.3 is 0 Å². The smallest absolute Gasteiger partial charge is 0.123 e. The zero-order valence-electron chi connectivity index (χ0n) is 11.4. The van der Waals surface area contributed by atoms with E-state index in [2.05, 4.69) is 24.0 Å². The number of hydrogen-bond acceptors (Lipinski definition) is 2. The summed E-state index contributed by atoms with van der Waals surface area (Å²) in [6.45, 7) is 6.62. The first-order chi connectivity index (χ1) is 8.61. The summed E-state index contributed by atoms with van der Waals surface area (Å²) < 4.78 is 0. The van der Waals surface area contributed by atoms with Gasteiger partial charge in [0.15, 0.2) is 0 Å². The number of benzene rings is 1. The number of aryl methyl sites for hydroxylation is 1. The molecule has 1 atom stereocenters. The van der Waals surface area contributed by atoms with Gasteiger partial charge in [0.05, 0.1) is 0 Å². The number of nitrogens with one attached hydrogen (secondary N) is 1. The van der Waals surface area contributed by atoms with Crippen molar-refractivity contribution in [2.75, 3.05) is 18.0 Å². The molecule has 1 aromatic carbocycles. The Kier molecular flexibility index (Phi) is 3.90. The van der Waals surface area contributed by atoms with E-state index in [9.17, 15) is 0 Å². The van der Waals surface area contributed by atoms with Crippen molar-refractivity contribution in [3.05, 3.63) is 29.3 Å². The van der Waals surface area contributed by atoms with E-state index in [1.807, 2.05) is 13.0 Å². The number of rotatable bonds is 3. The standard InChI is InChI=1S/C15H23N3/c1-3-12-5-4-8-18(10-12)13-6-7-14(15(16)17)11(2)9-13/h6-7,9,12H,3-5,8,10H2,1-2H3,(H3,16,17). The molecule has 3 nitrogen and oxygen atoms in total. The lowest BCUT2D eigenvalue weighted by atomic mass is 9.95. The predicted molar refractivity (Wildman–Crippen MR) is 77.4 cm³/mol. The first-order valence-electron chi connectivity index (χ1n) is 6.81. The number of nitrogens with zero attached hydrogens (tertiary/aromatic N) is 1. The van der Waals surface area contributed by atoms with E-state index in [0.717, 1.165) is 30.1 Å². The normalized spacial score (nSPS) is 19.9. The molecule has 0 spiro atoms. The molecule has 1 aromatic rings. The van der Waals surface area contributed by atoms with Crippen molar-refractivity contribution in [2.45, 2.75) is 33.1 Å². The highest BCUT2D eigenvalue weighted by Gasteiger charge is 2.19. The topological polar surface area (TPSA) is 53.1 Å². The maximum Gasteiger partial charge on any atom is 0.123 e. The second kappa shape index (κ2) is 5.42. The van der Waals surface area contributed by atoms with Gasteiger partial charge in [0.1, 0.15) is 5.84 Å². The lowest BCUT2D eigenvalue weighted by molar-refractivity contribution is 0.404. The van der Waals surface area contributed by atoms with Crippen molar-refractivity contribution in [1.82, 2.24) is 0 Å². The van der Waals surface area contributed by atoms with Gasteiger partial charge in [-0.25, -0.2) is 0 Å². The predicted octanol–water partition coefficient (Wildman–Crippen LogP) is 2.91. The number of anilines is 1. The van der Waals surface area contributed by atoms with Crippen molar-refractivity contribution in [1.29, 1.82) is 5.41 Å². The molecule has 1 aliphatic rings. The fourth-order valence-corrected chi connectivity index (χ4v) is 2.78. The van der Waals surface area contributed by atoms with E-state index >= 15 is 0 Å². The van der Waals surface area contributed by atoms with E-state index in [1.165, 1.54) is 24.9 Å². The van der Waals surface area contributed by atoms with Crippen LogP contribution in [0.5, 0.6) is 0 Å². The first kappa shape index (κ1) is 12.9. The highest BCUT2D eigenvalue weighted by molar-refractivity contribution is 5.96. The summed E-state index contributed by atoms with van der Waals surface area (Å²) >= 11 is 0. The van der Waals surface area contributed by atoms with Gasteiger partial charge < -0.3 is 10.6 Å². The second-order valence-electron chi connectivity index (χ2n) is 5.28. The largest absolute Gasteiger partial charge is 0.384 e. The van der Waals surface area contributed by atoms with Gasteiger partial charge in [-0.15, -0.1) is 0 Å². The Labute approximate surface area is 109 Å². The van der Waals surface area contributed by atoms with Gasteiger partial charge in [0, 0.05) is 24.3 Å². The van der Waals surface area contributed by atoms with E-state index in [1.54, 1.807) is 0 Å². The highest BCUT2D eigenvalue weighted by Crippen LogP contribution is 2.26. The molecule has 0 aromatic heterocycles. The Morgan fingerprint density at radius 2 is 2.28 bits per heavy atom. The summed E-state index contributed by atoms with van der Waals surface area (Å²) in [5, 5.41) is 7.52. The first-order valence-corrected chi connectivity index (χ1v) is 6.81. The maximum atomic E-state index is 7.52. The van der Waals surface area contributed by atoms with Gasteiger partial charge in [-0.3, -0.25) is 5.41 Å². The molecule has 0 bridgehead atoms. The van der Waals surface area contributed by atoms with Crippen LogP contribution >= 0.6 is 0 Å². The number of amidine groups is 1. The van der Waals surface area contributed by atoms with Gasteiger partial charge in [-0.05, 0) is 49.4 Å². The molecule has 3 heteroatoms. The number of nitrogen functional groups attached to an aromatic ring is 1. The van der Waals surface area contributed by atoms with E-state index < -0.39 is 0 Å². The molecule has 0 radical (unpaired) electrons. The van der Waals surface area contributed by atoms with Gasteiger partial charge in [0.2, 0.25) is 0 Å². The zero-order valence-corrected chi connectivity index (χ0v) is 11.4. The van der Waals surface area contributed by atoms with Gasteiger partial charge in [-0.2, -0.15) is 0 Å². The second-order valence-corrected chi connectivity index (χ2v) is 5.28. The molecular formula is C15H23N3. The third-order valence-corrected chi connectivity index (χ3v) is 3.96. The monoisotopic (exact) mass is 245 g/mol. The van der Waals surface area contributed by atoms with Crippen LogP contribution in [0.15, 0.2) is 18.2 Å². The van der Waals surface area contributed by atoms with Crippen molar-refractivity contribution >= 4 is 11.5 Å². The van der Waals surface area contributed by atoms with Crippen molar-refractivity contribution in [3.8, 4) is 0 Å². The summed E-state index contributed by atoms with van der Waals surface area (Å²) in [5.74, 6) is 0.982. The molecule has 1 fully saturated rings. The minimum atomic E-state index is 0.157. The van der Waals surface area contributed by atoms with Gasteiger partial charge in [-0.1, -0.05) is 13.3 Å². The zero-order chi connectivity index (χ0) is 13.1. The summed E-state index contributed by atoms with van der Waals surface area (Å²) in [7, 11) is 0. The lowest BCUT2D eigenvalue weighted by Gasteiger charge is -2.34. The highest BCUT2D eigenvalue weighted by atomic mass is 15.1.